The topological polar surface area (TPSA) is 52.7 Å². The molecule has 2 heterocycles. The lowest BCUT2D eigenvalue weighted by Crippen LogP contribution is -2.44. The molecule has 0 aliphatic carbocycles. The van der Waals surface area contributed by atoms with E-state index in [0.717, 1.165) is 25.9 Å². The number of hydrogen-bond acceptors (Lipinski definition) is 2. The Morgan fingerprint density at radius 3 is 2.52 bits per heavy atom. The number of urea groups is 1. The largest absolute Gasteiger partial charge is 0.333 e. The lowest BCUT2D eigenvalue weighted by atomic mass is 10.2. The van der Waals surface area contributed by atoms with Crippen LogP contribution in [-0.2, 0) is 4.79 Å². The molecule has 0 bridgehead atoms. The van der Waals surface area contributed by atoms with Crippen molar-refractivity contribution in [1.29, 1.82) is 0 Å². The molecule has 0 unspecified atom stereocenters. The summed E-state index contributed by atoms with van der Waals surface area (Å²) in [6, 6.07) is 5.55. The molecule has 112 valence electrons. The quantitative estimate of drug-likeness (QED) is 0.902. The summed E-state index contributed by atoms with van der Waals surface area (Å²) < 4.78 is 12.9. The Morgan fingerprint density at radius 2 is 1.86 bits per heavy atom. The van der Waals surface area contributed by atoms with Crippen LogP contribution in [0.4, 0.5) is 14.9 Å². The van der Waals surface area contributed by atoms with Gasteiger partial charge >= 0.3 is 6.03 Å². The van der Waals surface area contributed by atoms with Crippen molar-refractivity contribution < 1.29 is 14.0 Å². The molecular formula is C15H18FN3O2. The number of anilines is 1. The number of amides is 3. The Labute approximate surface area is 122 Å². The van der Waals surface area contributed by atoms with E-state index in [0.29, 0.717) is 12.2 Å². The molecule has 2 saturated heterocycles. The fraction of sp³-hybridized carbons (Fsp3) is 0.467. The highest BCUT2D eigenvalue weighted by Crippen LogP contribution is 2.22. The minimum Gasteiger partial charge on any atom is -0.333 e. The first-order chi connectivity index (χ1) is 10.1. The van der Waals surface area contributed by atoms with Crippen molar-refractivity contribution in [2.45, 2.75) is 25.3 Å². The summed E-state index contributed by atoms with van der Waals surface area (Å²) in [5.41, 5.74) is 0.666. The molecule has 2 fully saturated rings. The number of rotatable bonds is 2. The zero-order chi connectivity index (χ0) is 14.8. The van der Waals surface area contributed by atoms with E-state index < -0.39 is 0 Å². The molecule has 0 radical (unpaired) electrons. The van der Waals surface area contributed by atoms with Crippen LogP contribution in [0.3, 0.4) is 0 Å². The summed E-state index contributed by atoms with van der Waals surface area (Å²) in [4.78, 5) is 27.4. The van der Waals surface area contributed by atoms with Gasteiger partial charge in [0.25, 0.3) is 0 Å². The fourth-order valence-electron chi connectivity index (χ4n) is 2.86. The van der Waals surface area contributed by atoms with E-state index in [9.17, 15) is 14.0 Å². The van der Waals surface area contributed by atoms with Crippen LogP contribution in [-0.4, -0.2) is 42.5 Å². The van der Waals surface area contributed by atoms with Crippen molar-refractivity contribution in [2.24, 2.45) is 0 Å². The number of carbonyl (C=O) groups excluding carboxylic acids is 2. The van der Waals surface area contributed by atoms with Gasteiger partial charge in [0.2, 0.25) is 5.91 Å². The minimum absolute atomic E-state index is 0.0478. The Bertz CT molecular complexity index is 540. The number of hydrogen-bond donors (Lipinski definition) is 1. The van der Waals surface area contributed by atoms with Gasteiger partial charge in [-0.15, -0.1) is 0 Å². The molecule has 1 atom stereocenters. The highest BCUT2D eigenvalue weighted by Gasteiger charge is 2.32. The second-order valence-electron chi connectivity index (χ2n) is 5.53. The highest BCUT2D eigenvalue weighted by atomic mass is 19.1. The smallest absolute Gasteiger partial charge is 0.317 e. The van der Waals surface area contributed by atoms with Crippen molar-refractivity contribution in [3.63, 3.8) is 0 Å². The maximum Gasteiger partial charge on any atom is 0.317 e. The predicted molar refractivity (Wildman–Crippen MR) is 76.5 cm³/mol. The maximum atomic E-state index is 12.9. The van der Waals surface area contributed by atoms with Crippen molar-refractivity contribution in [3.05, 3.63) is 30.1 Å². The van der Waals surface area contributed by atoms with E-state index >= 15 is 0 Å². The number of halogens is 1. The van der Waals surface area contributed by atoms with E-state index in [1.165, 1.54) is 12.1 Å². The van der Waals surface area contributed by atoms with Crippen LogP contribution in [0.15, 0.2) is 24.3 Å². The number of likely N-dealkylation sites (tertiary alicyclic amines) is 1. The fourth-order valence-corrected chi connectivity index (χ4v) is 2.86. The Balaban J connectivity index is 1.61. The summed E-state index contributed by atoms with van der Waals surface area (Å²) in [7, 11) is 0. The van der Waals surface area contributed by atoms with Crippen LogP contribution in [0.2, 0.25) is 0 Å². The number of nitrogens with one attached hydrogen (secondary N) is 1. The number of nitrogens with zero attached hydrogens (tertiary/aromatic N) is 2. The van der Waals surface area contributed by atoms with Crippen molar-refractivity contribution in [2.75, 3.05) is 24.5 Å². The third kappa shape index (κ3) is 2.99. The van der Waals surface area contributed by atoms with E-state index in [-0.39, 0.29) is 30.2 Å². The summed E-state index contributed by atoms with van der Waals surface area (Å²) in [6.45, 7) is 2.01. The standard InChI is InChI=1S/C15H18FN3O2/c16-11-3-5-13(6-4-11)19-10-12(9-14(19)20)17-15(21)18-7-1-2-8-18/h3-6,12H,1-2,7-10H2,(H,17,21)/t12-/m1/s1. The van der Waals surface area contributed by atoms with Crippen molar-refractivity contribution in [1.82, 2.24) is 10.2 Å². The summed E-state index contributed by atoms with van der Waals surface area (Å²) in [5.74, 6) is -0.377. The number of benzene rings is 1. The van der Waals surface area contributed by atoms with Crippen LogP contribution in [0, 0.1) is 5.82 Å². The van der Waals surface area contributed by atoms with Crippen LogP contribution in [0.5, 0.6) is 0 Å². The molecule has 2 aliphatic heterocycles. The summed E-state index contributed by atoms with van der Waals surface area (Å²) in [6.07, 6.45) is 2.37. The Hall–Kier alpha value is -2.11. The van der Waals surface area contributed by atoms with Gasteiger partial charge in [0.15, 0.2) is 0 Å². The number of carbonyl (C=O) groups is 2. The first kappa shape index (κ1) is 13.9. The SMILES string of the molecule is O=C(N[C@@H]1CC(=O)N(c2ccc(F)cc2)C1)N1CCCC1. The Morgan fingerprint density at radius 1 is 1.19 bits per heavy atom. The molecule has 0 saturated carbocycles. The molecule has 0 aromatic heterocycles. The van der Waals surface area contributed by atoms with Gasteiger partial charge < -0.3 is 15.1 Å². The van der Waals surface area contributed by atoms with E-state index in [4.69, 9.17) is 0 Å². The third-order valence-electron chi connectivity index (χ3n) is 3.98. The molecule has 3 rings (SSSR count). The van der Waals surface area contributed by atoms with Gasteiger partial charge in [-0.1, -0.05) is 0 Å². The zero-order valence-corrected chi connectivity index (χ0v) is 11.7. The van der Waals surface area contributed by atoms with E-state index in [2.05, 4.69) is 5.32 Å². The van der Waals surface area contributed by atoms with E-state index in [1.807, 2.05) is 0 Å². The van der Waals surface area contributed by atoms with Crippen molar-refractivity contribution in [3.8, 4) is 0 Å². The molecule has 0 spiro atoms. The van der Waals surface area contributed by atoms with Crippen molar-refractivity contribution >= 4 is 17.6 Å². The molecular weight excluding hydrogens is 273 g/mol. The normalized spacial score (nSPS) is 22.0. The van der Waals surface area contributed by atoms with Gasteiger partial charge in [0, 0.05) is 31.7 Å². The third-order valence-corrected chi connectivity index (χ3v) is 3.98. The summed E-state index contributed by atoms with van der Waals surface area (Å²) in [5, 5.41) is 2.91. The molecule has 3 amide bonds. The second-order valence-corrected chi connectivity index (χ2v) is 5.53. The molecule has 1 N–H and O–H groups in total. The van der Waals surface area contributed by atoms with Crippen LogP contribution in [0.25, 0.3) is 0 Å². The molecule has 1 aromatic carbocycles. The summed E-state index contributed by atoms with van der Waals surface area (Å²) >= 11 is 0. The average Bonchev–Trinajstić information content (AvgIpc) is 3.10. The Kier molecular flexibility index (Phi) is 3.77. The lowest BCUT2D eigenvalue weighted by molar-refractivity contribution is -0.117. The lowest BCUT2D eigenvalue weighted by Gasteiger charge is -2.20. The van der Waals surface area contributed by atoms with Gasteiger partial charge in [0.05, 0.1) is 6.04 Å². The first-order valence-corrected chi connectivity index (χ1v) is 7.25. The predicted octanol–water partition coefficient (Wildman–Crippen LogP) is 1.74. The molecule has 5 nitrogen and oxygen atoms in total. The highest BCUT2D eigenvalue weighted by molar-refractivity contribution is 5.96. The zero-order valence-electron chi connectivity index (χ0n) is 11.7. The molecule has 1 aromatic rings. The molecule has 21 heavy (non-hydrogen) atoms. The first-order valence-electron chi connectivity index (χ1n) is 7.25. The van der Waals surface area contributed by atoms with Crippen LogP contribution >= 0.6 is 0 Å². The van der Waals surface area contributed by atoms with Crippen LogP contribution in [0.1, 0.15) is 19.3 Å². The molecule has 2 aliphatic rings. The maximum absolute atomic E-state index is 12.9. The average molecular weight is 291 g/mol. The van der Waals surface area contributed by atoms with E-state index in [1.54, 1.807) is 21.9 Å². The second kappa shape index (κ2) is 5.71. The van der Waals surface area contributed by atoms with Gasteiger partial charge in [-0.25, -0.2) is 9.18 Å². The van der Waals surface area contributed by atoms with Gasteiger partial charge in [-0.3, -0.25) is 4.79 Å². The van der Waals surface area contributed by atoms with Crippen LogP contribution < -0.4 is 10.2 Å². The monoisotopic (exact) mass is 291 g/mol. The van der Waals surface area contributed by atoms with Gasteiger partial charge in [-0.2, -0.15) is 0 Å². The van der Waals surface area contributed by atoms with Gasteiger partial charge in [0.1, 0.15) is 5.82 Å². The van der Waals surface area contributed by atoms with Gasteiger partial charge in [-0.05, 0) is 37.1 Å². The minimum atomic E-state index is -0.329. The molecule has 6 heteroatoms.